The standard InChI is InChI=1S/C17H18N4OS/c18-6-3-7-19-17(22)14-12-16(21-8-10-23-11-9-21)20-15-5-2-1-4-13(14)15/h1-2,4-5,12H,3,7-11H2,(H,19,22). The Labute approximate surface area is 139 Å². The molecule has 5 nitrogen and oxygen atoms in total. The Hall–Kier alpha value is -2.26. The average molecular weight is 326 g/mol. The first-order valence-corrected chi connectivity index (χ1v) is 8.82. The van der Waals surface area contributed by atoms with Crippen LogP contribution in [0.4, 0.5) is 5.82 Å². The maximum atomic E-state index is 12.5. The van der Waals surface area contributed by atoms with Gasteiger partial charge in [0.25, 0.3) is 5.91 Å². The number of carbonyl (C=O) groups is 1. The van der Waals surface area contributed by atoms with Crippen molar-refractivity contribution < 1.29 is 4.79 Å². The summed E-state index contributed by atoms with van der Waals surface area (Å²) in [7, 11) is 0. The lowest BCUT2D eigenvalue weighted by atomic mass is 10.1. The maximum absolute atomic E-state index is 12.5. The van der Waals surface area contributed by atoms with Crippen molar-refractivity contribution >= 4 is 34.4 Å². The molecular weight excluding hydrogens is 308 g/mol. The maximum Gasteiger partial charge on any atom is 0.252 e. The van der Waals surface area contributed by atoms with Crippen LogP contribution >= 0.6 is 11.8 Å². The molecule has 1 aromatic carbocycles. The predicted molar refractivity (Wildman–Crippen MR) is 93.8 cm³/mol. The van der Waals surface area contributed by atoms with Gasteiger partial charge in [-0.1, -0.05) is 18.2 Å². The highest BCUT2D eigenvalue weighted by Gasteiger charge is 2.17. The lowest BCUT2D eigenvalue weighted by Gasteiger charge is -2.28. The van der Waals surface area contributed by atoms with E-state index in [0.717, 1.165) is 41.3 Å². The van der Waals surface area contributed by atoms with Crippen molar-refractivity contribution in [1.82, 2.24) is 10.3 Å². The Balaban J connectivity index is 1.97. The number of para-hydroxylation sites is 1. The van der Waals surface area contributed by atoms with E-state index < -0.39 is 0 Å². The topological polar surface area (TPSA) is 69.0 Å². The molecular formula is C17H18N4OS. The van der Waals surface area contributed by atoms with Gasteiger partial charge in [0.05, 0.1) is 23.6 Å². The Morgan fingerprint density at radius 1 is 1.35 bits per heavy atom. The number of pyridine rings is 1. The number of aromatic nitrogens is 1. The number of anilines is 1. The molecule has 1 aliphatic rings. The fourth-order valence-corrected chi connectivity index (χ4v) is 3.53. The Morgan fingerprint density at radius 3 is 2.91 bits per heavy atom. The van der Waals surface area contributed by atoms with E-state index in [9.17, 15) is 4.79 Å². The van der Waals surface area contributed by atoms with Gasteiger partial charge in [-0.25, -0.2) is 4.98 Å². The van der Waals surface area contributed by atoms with Gasteiger partial charge in [0.1, 0.15) is 5.82 Å². The van der Waals surface area contributed by atoms with Crippen molar-refractivity contribution in [1.29, 1.82) is 5.26 Å². The van der Waals surface area contributed by atoms with Crippen LogP contribution in [-0.4, -0.2) is 42.0 Å². The molecule has 0 aliphatic carbocycles. The Bertz CT molecular complexity index is 750. The molecule has 1 fully saturated rings. The van der Waals surface area contributed by atoms with E-state index in [1.807, 2.05) is 48.2 Å². The molecule has 1 saturated heterocycles. The monoisotopic (exact) mass is 326 g/mol. The van der Waals surface area contributed by atoms with Gasteiger partial charge >= 0.3 is 0 Å². The zero-order valence-electron chi connectivity index (χ0n) is 12.8. The van der Waals surface area contributed by atoms with Gasteiger partial charge in [0.15, 0.2) is 0 Å². The summed E-state index contributed by atoms with van der Waals surface area (Å²) >= 11 is 1.94. The molecule has 0 spiro atoms. The van der Waals surface area contributed by atoms with Gasteiger partial charge in [-0.2, -0.15) is 17.0 Å². The van der Waals surface area contributed by atoms with E-state index in [2.05, 4.69) is 10.2 Å². The van der Waals surface area contributed by atoms with Crippen LogP contribution in [-0.2, 0) is 0 Å². The molecule has 2 heterocycles. The number of nitriles is 1. The minimum absolute atomic E-state index is 0.147. The minimum Gasteiger partial charge on any atom is -0.355 e. The highest BCUT2D eigenvalue weighted by molar-refractivity contribution is 7.99. The highest BCUT2D eigenvalue weighted by Crippen LogP contribution is 2.25. The largest absolute Gasteiger partial charge is 0.355 e. The number of amides is 1. The van der Waals surface area contributed by atoms with Crippen molar-refractivity contribution in [2.75, 3.05) is 36.0 Å². The molecule has 1 aromatic heterocycles. The smallest absolute Gasteiger partial charge is 0.252 e. The fraction of sp³-hybridized carbons (Fsp3) is 0.353. The van der Waals surface area contributed by atoms with Gasteiger partial charge in [-0.05, 0) is 12.1 Å². The van der Waals surface area contributed by atoms with Crippen molar-refractivity contribution in [2.45, 2.75) is 6.42 Å². The van der Waals surface area contributed by atoms with Crippen LogP contribution in [0.3, 0.4) is 0 Å². The number of fused-ring (bicyclic) bond motifs is 1. The van der Waals surface area contributed by atoms with Crippen LogP contribution in [0.2, 0.25) is 0 Å². The molecule has 3 rings (SSSR count). The summed E-state index contributed by atoms with van der Waals surface area (Å²) < 4.78 is 0. The summed E-state index contributed by atoms with van der Waals surface area (Å²) in [5.41, 5.74) is 1.45. The molecule has 2 aromatic rings. The number of nitrogens with one attached hydrogen (secondary N) is 1. The number of hydrogen-bond donors (Lipinski definition) is 1. The predicted octanol–water partition coefficient (Wildman–Crippen LogP) is 2.43. The molecule has 0 saturated carbocycles. The minimum atomic E-state index is -0.147. The number of benzene rings is 1. The normalized spacial score (nSPS) is 14.5. The summed E-state index contributed by atoms with van der Waals surface area (Å²) in [6, 6.07) is 11.6. The van der Waals surface area contributed by atoms with Gasteiger partial charge in [0.2, 0.25) is 0 Å². The van der Waals surface area contributed by atoms with Crippen molar-refractivity contribution in [3.63, 3.8) is 0 Å². The van der Waals surface area contributed by atoms with E-state index in [1.165, 1.54) is 0 Å². The number of thioether (sulfide) groups is 1. The van der Waals surface area contributed by atoms with Crippen LogP contribution in [0.5, 0.6) is 0 Å². The molecule has 0 bridgehead atoms. The van der Waals surface area contributed by atoms with Crippen molar-refractivity contribution in [3.8, 4) is 6.07 Å². The van der Waals surface area contributed by atoms with Crippen molar-refractivity contribution in [3.05, 3.63) is 35.9 Å². The lowest BCUT2D eigenvalue weighted by molar-refractivity contribution is 0.0956. The average Bonchev–Trinajstić information content (AvgIpc) is 2.61. The first kappa shape index (κ1) is 15.6. The quantitative estimate of drug-likeness (QED) is 0.874. The molecule has 1 amide bonds. The first-order chi connectivity index (χ1) is 11.3. The number of carbonyl (C=O) groups excluding carboxylic acids is 1. The van der Waals surface area contributed by atoms with Crippen LogP contribution in [0.15, 0.2) is 30.3 Å². The molecule has 1 aliphatic heterocycles. The van der Waals surface area contributed by atoms with E-state index in [4.69, 9.17) is 10.2 Å². The van der Waals surface area contributed by atoms with Crippen LogP contribution in [0.25, 0.3) is 10.9 Å². The lowest BCUT2D eigenvalue weighted by Crippen LogP contribution is -2.33. The molecule has 0 radical (unpaired) electrons. The number of rotatable bonds is 4. The molecule has 0 unspecified atom stereocenters. The first-order valence-electron chi connectivity index (χ1n) is 7.67. The Kier molecular flexibility index (Phi) is 4.99. The number of hydrogen-bond acceptors (Lipinski definition) is 5. The van der Waals surface area contributed by atoms with Crippen LogP contribution < -0.4 is 10.2 Å². The molecule has 6 heteroatoms. The summed E-state index contributed by atoms with van der Waals surface area (Å²) in [5.74, 6) is 2.87. The second kappa shape index (κ2) is 7.34. The fourth-order valence-electron chi connectivity index (χ4n) is 2.63. The van der Waals surface area contributed by atoms with Crippen molar-refractivity contribution in [2.24, 2.45) is 0 Å². The zero-order valence-corrected chi connectivity index (χ0v) is 13.6. The second-order valence-electron chi connectivity index (χ2n) is 5.31. The molecule has 23 heavy (non-hydrogen) atoms. The van der Waals surface area contributed by atoms with Crippen LogP contribution in [0, 0.1) is 11.3 Å². The third-order valence-electron chi connectivity index (χ3n) is 3.80. The second-order valence-corrected chi connectivity index (χ2v) is 6.53. The highest BCUT2D eigenvalue weighted by atomic mass is 32.2. The van der Waals surface area contributed by atoms with Gasteiger partial charge in [-0.15, -0.1) is 0 Å². The summed E-state index contributed by atoms with van der Waals surface area (Å²) in [4.78, 5) is 19.5. The number of nitrogens with zero attached hydrogens (tertiary/aromatic N) is 3. The molecule has 0 atom stereocenters. The summed E-state index contributed by atoms with van der Waals surface area (Å²) in [6.45, 7) is 2.26. The molecule has 1 N–H and O–H groups in total. The van der Waals surface area contributed by atoms with E-state index >= 15 is 0 Å². The van der Waals surface area contributed by atoms with Crippen LogP contribution in [0.1, 0.15) is 16.8 Å². The SMILES string of the molecule is N#CCCNC(=O)c1cc(N2CCSCC2)nc2ccccc12. The van der Waals surface area contributed by atoms with Gasteiger partial charge < -0.3 is 10.2 Å². The third-order valence-corrected chi connectivity index (χ3v) is 4.75. The third kappa shape index (κ3) is 3.57. The van der Waals surface area contributed by atoms with Gasteiger partial charge in [-0.3, -0.25) is 4.79 Å². The van der Waals surface area contributed by atoms with E-state index in [0.29, 0.717) is 18.5 Å². The van der Waals surface area contributed by atoms with E-state index in [-0.39, 0.29) is 5.91 Å². The van der Waals surface area contributed by atoms with E-state index in [1.54, 1.807) is 0 Å². The molecule has 118 valence electrons. The summed E-state index contributed by atoms with van der Waals surface area (Å²) in [5, 5.41) is 12.3. The Morgan fingerprint density at radius 2 is 2.13 bits per heavy atom. The van der Waals surface area contributed by atoms with Gasteiger partial charge in [0, 0.05) is 36.5 Å². The summed E-state index contributed by atoms with van der Waals surface area (Å²) in [6.07, 6.45) is 0.310. The zero-order chi connectivity index (χ0) is 16.1.